The van der Waals surface area contributed by atoms with Gasteiger partial charge in [0.2, 0.25) is 0 Å². The summed E-state index contributed by atoms with van der Waals surface area (Å²) in [4.78, 5) is 22.8. The standard InChI is InChI=1S/C14H16O4/c1-3-4-7-12(14(17)18-2)10-8-5-6-9-11(10)13(15)16/h5-9H,3-4H2,1-2H3,(H,15,16). The summed E-state index contributed by atoms with van der Waals surface area (Å²) in [5.74, 6) is -1.57. The summed E-state index contributed by atoms with van der Waals surface area (Å²) in [6.07, 6.45) is 3.28. The van der Waals surface area contributed by atoms with E-state index in [-0.39, 0.29) is 5.56 Å². The minimum Gasteiger partial charge on any atom is -0.478 e. The van der Waals surface area contributed by atoms with Crippen LogP contribution in [0.1, 0.15) is 35.7 Å². The highest BCUT2D eigenvalue weighted by molar-refractivity contribution is 6.18. The van der Waals surface area contributed by atoms with Crippen molar-refractivity contribution in [2.75, 3.05) is 7.11 Å². The Bertz CT molecular complexity index is 474. The van der Waals surface area contributed by atoms with Crippen LogP contribution >= 0.6 is 0 Å². The monoisotopic (exact) mass is 248 g/mol. The van der Waals surface area contributed by atoms with E-state index in [1.807, 2.05) is 6.92 Å². The van der Waals surface area contributed by atoms with Gasteiger partial charge in [-0.3, -0.25) is 0 Å². The molecule has 0 aliphatic carbocycles. The highest BCUT2D eigenvalue weighted by atomic mass is 16.5. The number of hydrogen-bond donors (Lipinski definition) is 1. The van der Waals surface area contributed by atoms with E-state index in [1.165, 1.54) is 13.2 Å². The molecule has 0 bridgehead atoms. The number of benzene rings is 1. The lowest BCUT2D eigenvalue weighted by molar-refractivity contribution is -0.133. The smallest absolute Gasteiger partial charge is 0.338 e. The third-order valence-corrected chi connectivity index (χ3v) is 2.49. The number of aromatic carboxylic acids is 1. The van der Waals surface area contributed by atoms with Gasteiger partial charge in [0.15, 0.2) is 0 Å². The van der Waals surface area contributed by atoms with Gasteiger partial charge in [0.25, 0.3) is 0 Å². The lowest BCUT2D eigenvalue weighted by Crippen LogP contribution is -2.09. The summed E-state index contributed by atoms with van der Waals surface area (Å²) < 4.78 is 4.70. The summed E-state index contributed by atoms with van der Waals surface area (Å²) in [6, 6.07) is 6.41. The van der Waals surface area contributed by atoms with E-state index >= 15 is 0 Å². The third-order valence-electron chi connectivity index (χ3n) is 2.49. The molecule has 4 heteroatoms. The van der Waals surface area contributed by atoms with E-state index in [2.05, 4.69) is 0 Å². The number of carbonyl (C=O) groups is 2. The number of rotatable bonds is 5. The molecule has 1 N–H and O–H groups in total. The summed E-state index contributed by atoms with van der Waals surface area (Å²) in [5.41, 5.74) is 0.799. The lowest BCUT2D eigenvalue weighted by Gasteiger charge is -2.09. The van der Waals surface area contributed by atoms with E-state index in [4.69, 9.17) is 9.84 Å². The van der Waals surface area contributed by atoms with Crippen molar-refractivity contribution in [3.8, 4) is 0 Å². The van der Waals surface area contributed by atoms with Crippen LogP contribution in [0, 0.1) is 0 Å². The topological polar surface area (TPSA) is 63.6 Å². The van der Waals surface area contributed by atoms with Gasteiger partial charge in [-0.05, 0) is 12.5 Å². The molecule has 0 saturated heterocycles. The van der Waals surface area contributed by atoms with Crippen LogP contribution in [0.2, 0.25) is 0 Å². The number of allylic oxidation sites excluding steroid dienone is 1. The maximum Gasteiger partial charge on any atom is 0.338 e. The Hall–Kier alpha value is -2.10. The molecular formula is C14H16O4. The molecule has 0 radical (unpaired) electrons. The number of carbonyl (C=O) groups excluding carboxylic acids is 1. The predicted molar refractivity (Wildman–Crippen MR) is 68.3 cm³/mol. The molecule has 0 aliphatic heterocycles. The second kappa shape index (κ2) is 6.59. The first-order valence-electron chi connectivity index (χ1n) is 5.73. The van der Waals surface area contributed by atoms with Crippen LogP contribution < -0.4 is 0 Å². The Morgan fingerprint density at radius 3 is 2.39 bits per heavy atom. The van der Waals surface area contributed by atoms with Gasteiger partial charge in [-0.15, -0.1) is 0 Å². The molecule has 1 aromatic rings. The van der Waals surface area contributed by atoms with Crippen molar-refractivity contribution in [1.29, 1.82) is 0 Å². The lowest BCUT2D eigenvalue weighted by atomic mass is 9.98. The van der Waals surface area contributed by atoms with E-state index in [1.54, 1.807) is 24.3 Å². The zero-order valence-electron chi connectivity index (χ0n) is 10.5. The van der Waals surface area contributed by atoms with Crippen molar-refractivity contribution in [1.82, 2.24) is 0 Å². The fourth-order valence-corrected chi connectivity index (χ4v) is 1.61. The number of methoxy groups -OCH3 is 1. The number of unbranched alkanes of at least 4 members (excludes halogenated alkanes) is 1. The summed E-state index contributed by atoms with van der Waals surface area (Å²) in [5, 5.41) is 9.12. The van der Waals surface area contributed by atoms with Gasteiger partial charge in [-0.25, -0.2) is 9.59 Å². The average molecular weight is 248 g/mol. The van der Waals surface area contributed by atoms with Crippen LogP contribution in [0.25, 0.3) is 5.57 Å². The fraction of sp³-hybridized carbons (Fsp3) is 0.286. The maximum absolute atomic E-state index is 11.7. The van der Waals surface area contributed by atoms with Gasteiger partial charge in [0.05, 0.1) is 18.2 Å². The van der Waals surface area contributed by atoms with Gasteiger partial charge < -0.3 is 9.84 Å². The molecule has 4 nitrogen and oxygen atoms in total. The highest BCUT2D eigenvalue weighted by Gasteiger charge is 2.18. The minimum absolute atomic E-state index is 0.102. The molecule has 0 unspecified atom stereocenters. The molecule has 0 spiro atoms. The molecule has 0 aromatic heterocycles. The summed E-state index contributed by atoms with van der Waals surface area (Å²) in [7, 11) is 1.28. The molecular weight excluding hydrogens is 232 g/mol. The van der Waals surface area contributed by atoms with Gasteiger partial charge in [0.1, 0.15) is 0 Å². The normalized spacial score (nSPS) is 11.1. The SMILES string of the molecule is CCCC=C(C(=O)OC)c1ccccc1C(=O)O. The van der Waals surface area contributed by atoms with Crippen molar-refractivity contribution < 1.29 is 19.4 Å². The fourth-order valence-electron chi connectivity index (χ4n) is 1.61. The largest absolute Gasteiger partial charge is 0.478 e. The molecule has 0 saturated carbocycles. The molecule has 0 atom stereocenters. The number of esters is 1. The third kappa shape index (κ3) is 3.20. The molecule has 0 amide bonds. The van der Waals surface area contributed by atoms with E-state index < -0.39 is 11.9 Å². The zero-order chi connectivity index (χ0) is 13.5. The molecule has 1 rings (SSSR count). The van der Waals surface area contributed by atoms with Crippen molar-refractivity contribution in [3.05, 3.63) is 41.5 Å². The van der Waals surface area contributed by atoms with E-state index in [0.29, 0.717) is 17.6 Å². The molecule has 96 valence electrons. The van der Waals surface area contributed by atoms with Crippen LogP contribution in [0.15, 0.2) is 30.3 Å². The number of carboxylic acids is 1. The van der Waals surface area contributed by atoms with Gasteiger partial charge in [-0.1, -0.05) is 37.6 Å². The van der Waals surface area contributed by atoms with Crippen molar-refractivity contribution in [2.45, 2.75) is 19.8 Å². The maximum atomic E-state index is 11.7. The van der Waals surface area contributed by atoms with E-state index in [9.17, 15) is 9.59 Å². The number of carboxylic acid groups (broad SMARTS) is 1. The Balaban J connectivity index is 3.29. The Kier molecular flexibility index (Phi) is 5.11. The highest BCUT2D eigenvalue weighted by Crippen LogP contribution is 2.21. The average Bonchev–Trinajstić information content (AvgIpc) is 2.39. The molecule has 18 heavy (non-hydrogen) atoms. The quantitative estimate of drug-likeness (QED) is 0.642. The Morgan fingerprint density at radius 1 is 1.28 bits per heavy atom. The number of hydrogen-bond acceptors (Lipinski definition) is 3. The first-order chi connectivity index (χ1) is 8.61. The predicted octanol–water partition coefficient (Wildman–Crippen LogP) is 2.74. The van der Waals surface area contributed by atoms with Gasteiger partial charge in [-0.2, -0.15) is 0 Å². The molecule has 0 aliphatic rings. The van der Waals surface area contributed by atoms with Crippen molar-refractivity contribution >= 4 is 17.5 Å². The van der Waals surface area contributed by atoms with Crippen LogP contribution in [0.3, 0.4) is 0 Å². The Morgan fingerprint density at radius 2 is 1.89 bits per heavy atom. The summed E-state index contributed by atoms with van der Waals surface area (Å²) >= 11 is 0. The summed E-state index contributed by atoms with van der Waals surface area (Å²) in [6.45, 7) is 1.98. The first kappa shape index (κ1) is 14.0. The zero-order valence-corrected chi connectivity index (χ0v) is 10.5. The van der Waals surface area contributed by atoms with Crippen LogP contribution in [0.4, 0.5) is 0 Å². The van der Waals surface area contributed by atoms with Crippen molar-refractivity contribution in [2.24, 2.45) is 0 Å². The first-order valence-corrected chi connectivity index (χ1v) is 5.73. The second-order valence-electron chi connectivity index (χ2n) is 3.75. The Labute approximate surface area is 106 Å². The van der Waals surface area contributed by atoms with Crippen LogP contribution in [-0.2, 0) is 9.53 Å². The molecule has 0 fully saturated rings. The molecule has 0 heterocycles. The second-order valence-corrected chi connectivity index (χ2v) is 3.75. The molecule has 1 aromatic carbocycles. The van der Waals surface area contributed by atoms with Crippen molar-refractivity contribution in [3.63, 3.8) is 0 Å². The van der Waals surface area contributed by atoms with E-state index in [0.717, 1.165) is 6.42 Å². The van der Waals surface area contributed by atoms with Gasteiger partial charge in [0, 0.05) is 5.56 Å². The number of ether oxygens (including phenoxy) is 1. The van der Waals surface area contributed by atoms with Crippen LogP contribution in [0.5, 0.6) is 0 Å². The minimum atomic E-state index is -1.06. The van der Waals surface area contributed by atoms with Gasteiger partial charge >= 0.3 is 11.9 Å². The van der Waals surface area contributed by atoms with Crippen LogP contribution in [-0.4, -0.2) is 24.2 Å².